The van der Waals surface area contributed by atoms with Gasteiger partial charge in [-0.25, -0.2) is 4.98 Å². The molecule has 118 valence electrons. The lowest BCUT2D eigenvalue weighted by atomic mass is 10.2. The van der Waals surface area contributed by atoms with Crippen LogP contribution in [-0.4, -0.2) is 59.6 Å². The zero-order valence-corrected chi connectivity index (χ0v) is 14.1. The number of halogens is 2. The number of amides is 1. The quantitative estimate of drug-likeness (QED) is 0.869. The number of carbonyl (C=O) groups excluding carboxylic acids is 1. The van der Waals surface area contributed by atoms with Crippen LogP contribution < -0.4 is 10.2 Å². The SMILES string of the molecule is Cl.Cl.O=C(C1CSCN1)N1CCN(c2ccccn2)CC1. The van der Waals surface area contributed by atoms with Gasteiger partial charge in [-0.05, 0) is 12.1 Å². The minimum absolute atomic E-state index is 0. The Morgan fingerprint density at radius 1 is 1.24 bits per heavy atom. The molecule has 0 aliphatic carbocycles. The number of aromatic nitrogens is 1. The highest BCUT2D eigenvalue weighted by Gasteiger charge is 2.29. The summed E-state index contributed by atoms with van der Waals surface area (Å²) in [5, 5.41) is 3.24. The van der Waals surface area contributed by atoms with Crippen molar-refractivity contribution in [1.82, 2.24) is 15.2 Å². The summed E-state index contributed by atoms with van der Waals surface area (Å²) in [6, 6.07) is 5.96. The van der Waals surface area contributed by atoms with Crippen LogP contribution in [0.3, 0.4) is 0 Å². The topological polar surface area (TPSA) is 48.5 Å². The van der Waals surface area contributed by atoms with Crippen LogP contribution in [-0.2, 0) is 4.79 Å². The Balaban J connectivity index is 0.00000110. The number of hydrogen-bond acceptors (Lipinski definition) is 5. The van der Waals surface area contributed by atoms with Crippen molar-refractivity contribution in [3.63, 3.8) is 0 Å². The Labute approximate surface area is 141 Å². The molecule has 8 heteroatoms. The summed E-state index contributed by atoms with van der Waals surface area (Å²) in [5.41, 5.74) is 0. The van der Waals surface area contributed by atoms with Crippen LogP contribution in [0.1, 0.15) is 0 Å². The van der Waals surface area contributed by atoms with Crippen LogP contribution >= 0.6 is 36.6 Å². The predicted molar refractivity (Wildman–Crippen MR) is 91.8 cm³/mol. The Hall–Kier alpha value is -0.690. The molecule has 0 bridgehead atoms. The van der Waals surface area contributed by atoms with E-state index < -0.39 is 0 Å². The van der Waals surface area contributed by atoms with Crippen molar-refractivity contribution in [2.24, 2.45) is 0 Å². The number of carbonyl (C=O) groups is 1. The van der Waals surface area contributed by atoms with Crippen molar-refractivity contribution in [3.8, 4) is 0 Å². The third-order valence-corrected chi connectivity index (χ3v) is 4.52. The van der Waals surface area contributed by atoms with Crippen LogP contribution in [0.5, 0.6) is 0 Å². The van der Waals surface area contributed by atoms with E-state index in [1.165, 1.54) is 0 Å². The van der Waals surface area contributed by atoms with Gasteiger partial charge in [-0.3, -0.25) is 10.1 Å². The van der Waals surface area contributed by atoms with E-state index in [1.54, 1.807) is 11.8 Å². The molecule has 1 unspecified atom stereocenters. The van der Waals surface area contributed by atoms with Crippen molar-refractivity contribution < 1.29 is 4.79 Å². The fraction of sp³-hybridized carbons (Fsp3) is 0.538. The van der Waals surface area contributed by atoms with Crippen molar-refractivity contribution in [3.05, 3.63) is 24.4 Å². The molecule has 0 radical (unpaired) electrons. The summed E-state index contributed by atoms with van der Waals surface area (Å²) in [7, 11) is 0. The summed E-state index contributed by atoms with van der Waals surface area (Å²) in [4.78, 5) is 20.8. The summed E-state index contributed by atoms with van der Waals surface area (Å²) >= 11 is 1.79. The lowest BCUT2D eigenvalue weighted by Crippen LogP contribution is -2.53. The zero-order valence-electron chi connectivity index (χ0n) is 11.6. The van der Waals surface area contributed by atoms with Crippen LogP contribution in [0, 0.1) is 0 Å². The minimum atomic E-state index is 0. The zero-order chi connectivity index (χ0) is 13.1. The third kappa shape index (κ3) is 4.39. The number of thioether (sulfide) groups is 1. The Kier molecular flexibility index (Phi) is 7.59. The molecule has 3 heterocycles. The molecule has 1 atom stereocenters. The van der Waals surface area contributed by atoms with Gasteiger partial charge in [0.25, 0.3) is 0 Å². The van der Waals surface area contributed by atoms with Crippen molar-refractivity contribution >= 4 is 48.3 Å². The molecule has 2 aliphatic heterocycles. The highest BCUT2D eigenvalue weighted by Crippen LogP contribution is 2.16. The van der Waals surface area contributed by atoms with Gasteiger partial charge in [0, 0.05) is 44.0 Å². The molecular formula is C13H20Cl2N4OS. The average molecular weight is 351 g/mol. The molecular weight excluding hydrogens is 331 g/mol. The number of piperazine rings is 1. The molecule has 0 aromatic carbocycles. The van der Waals surface area contributed by atoms with E-state index in [-0.39, 0.29) is 36.8 Å². The van der Waals surface area contributed by atoms with Crippen molar-refractivity contribution in [2.45, 2.75) is 6.04 Å². The van der Waals surface area contributed by atoms with Crippen LogP contribution in [0.2, 0.25) is 0 Å². The van der Waals surface area contributed by atoms with Gasteiger partial charge in [0.1, 0.15) is 5.82 Å². The fourth-order valence-electron chi connectivity index (χ4n) is 2.47. The third-order valence-electron chi connectivity index (χ3n) is 3.58. The Morgan fingerprint density at radius 2 is 2.00 bits per heavy atom. The number of hydrogen-bond donors (Lipinski definition) is 1. The van der Waals surface area contributed by atoms with E-state index in [1.807, 2.05) is 29.3 Å². The molecule has 2 fully saturated rings. The molecule has 1 amide bonds. The summed E-state index contributed by atoms with van der Waals surface area (Å²) < 4.78 is 0. The number of nitrogens with zero attached hydrogens (tertiary/aromatic N) is 3. The highest BCUT2D eigenvalue weighted by atomic mass is 35.5. The van der Waals surface area contributed by atoms with E-state index in [9.17, 15) is 4.79 Å². The first-order chi connectivity index (χ1) is 9.34. The van der Waals surface area contributed by atoms with Gasteiger partial charge in [0.05, 0.1) is 6.04 Å². The maximum Gasteiger partial charge on any atom is 0.240 e. The Morgan fingerprint density at radius 3 is 2.57 bits per heavy atom. The predicted octanol–water partition coefficient (Wildman–Crippen LogP) is 1.24. The van der Waals surface area contributed by atoms with Gasteiger partial charge in [0.2, 0.25) is 5.91 Å². The molecule has 0 spiro atoms. The number of nitrogens with one attached hydrogen (secondary N) is 1. The maximum absolute atomic E-state index is 12.3. The summed E-state index contributed by atoms with van der Waals surface area (Å²) in [5.74, 6) is 3.05. The molecule has 2 aliphatic rings. The molecule has 1 aromatic rings. The van der Waals surface area contributed by atoms with E-state index in [2.05, 4.69) is 15.2 Å². The lowest BCUT2D eigenvalue weighted by molar-refractivity contribution is -0.132. The van der Waals surface area contributed by atoms with Crippen LogP contribution in [0.25, 0.3) is 0 Å². The molecule has 0 saturated carbocycles. The number of rotatable bonds is 2. The van der Waals surface area contributed by atoms with E-state index in [0.29, 0.717) is 0 Å². The average Bonchev–Trinajstić information content (AvgIpc) is 3.02. The standard InChI is InChI=1S/C13H18N4OS.2ClH/c18-13(11-9-19-10-15-11)17-7-5-16(6-8-17)12-3-1-2-4-14-12;;/h1-4,11,15H,5-10H2;2*1H. The van der Waals surface area contributed by atoms with Crippen LogP contribution in [0.15, 0.2) is 24.4 Å². The smallest absolute Gasteiger partial charge is 0.240 e. The minimum Gasteiger partial charge on any atom is -0.353 e. The second-order valence-corrected chi connectivity index (χ2v) is 5.80. The molecule has 21 heavy (non-hydrogen) atoms. The molecule has 2 saturated heterocycles. The second kappa shape index (κ2) is 8.68. The summed E-state index contributed by atoms with van der Waals surface area (Å²) in [6.45, 7) is 3.31. The second-order valence-electron chi connectivity index (χ2n) is 4.77. The van der Waals surface area contributed by atoms with Gasteiger partial charge in [-0.1, -0.05) is 6.07 Å². The van der Waals surface area contributed by atoms with Crippen molar-refractivity contribution in [2.75, 3.05) is 42.7 Å². The van der Waals surface area contributed by atoms with Gasteiger partial charge >= 0.3 is 0 Å². The van der Waals surface area contributed by atoms with Gasteiger partial charge in [-0.15, -0.1) is 36.6 Å². The first-order valence-electron chi connectivity index (χ1n) is 6.60. The first kappa shape index (κ1) is 18.4. The monoisotopic (exact) mass is 350 g/mol. The summed E-state index contributed by atoms with van der Waals surface area (Å²) in [6.07, 6.45) is 1.81. The number of pyridine rings is 1. The van der Waals surface area contributed by atoms with Gasteiger partial charge in [0.15, 0.2) is 0 Å². The van der Waals surface area contributed by atoms with Gasteiger partial charge < -0.3 is 9.80 Å². The largest absolute Gasteiger partial charge is 0.353 e. The lowest BCUT2D eigenvalue weighted by Gasteiger charge is -2.36. The number of anilines is 1. The molecule has 1 N–H and O–H groups in total. The van der Waals surface area contributed by atoms with E-state index in [0.717, 1.165) is 43.6 Å². The van der Waals surface area contributed by atoms with Gasteiger partial charge in [-0.2, -0.15) is 0 Å². The van der Waals surface area contributed by atoms with E-state index in [4.69, 9.17) is 0 Å². The molecule has 3 rings (SSSR count). The molecule has 1 aromatic heterocycles. The fourth-order valence-corrected chi connectivity index (χ4v) is 3.40. The maximum atomic E-state index is 12.3. The normalized spacial score (nSPS) is 21.4. The highest BCUT2D eigenvalue weighted by molar-refractivity contribution is 7.99. The first-order valence-corrected chi connectivity index (χ1v) is 7.76. The van der Waals surface area contributed by atoms with Crippen molar-refractivity contribution in [1.29, 1.82) is 0 Å². The van der Waals surface area contributed by atoms with Crippen LogP contribution in [0.4, 0.5) is 5.82 Å². The Bertz CT molecular complexity index is 437. The van der Waals surface area contributed by atoms with E-state index >= 15 is 0 Å². The molecule has 5 nitrogen and oxygen atoms in total.